The third-order valence-corrected chi connectivity index (χ3v) is 3.00. The molecule has 0 unspecified atom stereocenters. The Morgan fingerprint density at radius 1 is 1.00 bits per heavy atom. The topological polar surface area (TPSA) is 30.5 Å². The molecule has 2 aromatic carbocycles. The summed E-state index contributed by atoms with van der Waals surface area (Å²) in [7, 11) is 1.94. The molecule has 0 aromatic heterocycles. The quantitative estimate of drug-likeness (QED) is 0.864. The molecule has 0 aliphatic rings. The van der Waals surface area contributed by atoms with E-state index in [-0.39, 0.29) is 0 Å². The minimum atomic E-state index is 0.624. The van der Waals surface area contributed by atoms with Crippen LogP contribution in [0.5, 0.6) is 17.2 Å². The first-order valence-electron chi connectivity index (χ1n) is 6.88. The molecule has 20 heavy (non-hydrogen) atoms. The Morgan fingerprint density at radius 2 is 1.75 bits per heavy atom. The molecule has 0 radical (unpaired) electrons. The van der Waals surface area contributed by atoms with Gasteiger partial charge in [0.2, 0.25) is 0 Å². The predicted octanol–water partition coefficient (Wildman–Crippen LogP) is 3.91. The molecule has 1 N–H and O–H groups in total. The molecular formula is C17H21NO2. The largest absolute Gasteiger partial charge is 0.490 e. The van der Waals surface area contributed by atoms with Crippen molar-refractivity contribution in [1.82, 2.24) is 5.32 Å². The summed E-state index contributed by atoms with van der Waals surface area (Å²) in [6.07, 6.45) is 0. The van der Waals surface area contributed by atoms with Gasteiger partial charge < -0.3 is 14.8 Å². The lowest BCUT2D eigenvalue weighted by atomic mass is 10.1. The lowest BCUT2D eigenvalue weighted by molar-refractivity contribution is 0.321. The molecule has 0 aliphatic heterocycles. The molecular weight excluding hydrogens is 250 g/mol. The second kappa shape index (κ2) is 6.96. The Labute approximate surface area is 120 Å². The molecule has 2 aromatic rings. The second-order valence-electron chi connectivity index (χ2n) is 4.61. The number of nitrogens with one attached hydrogen (secondary N) is 1. The molecule has 0 fully saturated rings. The highest BCUT2D eigenvalue weighted by molar-refractivity contribution is 5.45. The van der Waals surface area contributed by atoms with Crippen molar-refractivity contribution in [3.05, 3.63) is 53.6 Å². The average Bonchev–Trinajstić information content (AvgIpc) is 2.45. The molecule has 0 heterocycles. The van der Waals surface area contributed by atoms with Crippen molar-refractivity contribution in [2.24, 2.45) is 0 Å². The van der Waals surface area contributed by atoms with Crippen molar-refractivity contribution in [2.45, 2.75) is 20.4 Å². The van der Waals surface area contributed by atoms with Crippen molar-refractivity contribution >= 4 is 0 Å². The Bertz CT molecular complexity index is 567. The van der Waals surface area contributed by atoms with E-state index in [1.54, 1.807) is 0 Å². The first-order chi connectivity index (χ1) is 9.74. The number of hydrogen-bond acceptors (Lipinski definition) is 3. The number of benzene rings is 2. The summed E-state index contributed by atoms with van der Waals surface area (Å²) < 4.78 is 11.6. The van der Waals surface area contributed by atoms with Crippen LogP contribution in [0.2, 0.25) is 0 Å². The van der Waals surface area contributed by atoms with E-state index in [2.05, 4.69) is 23.5 Å². The lowest BCUT2D eigenvalue weighted by Crippen LogP contribution is -2.05. The Kier molecular flexibility index (Phi) is 5.02. The van der Waals surface area contributed by atoms with Crippen molar-refractivity contribution in [2.75, 3.05) is 13.7 Å². The summed E-state index contributed by atoms with van der Waals surface area (Å²) in [5.74, 6) is 2.39. The van der Waals surface area contributed by atoms with Gasteiger partial charge in [0.15, 0.2) is 11.5 Å². The van der Waals surface area contributed by atoms with Crippen molar-refractivity contribution in [3.8, 4) is 17.2 Å². The molecule has 2 rings (SSSR count). The van der Waals surface area contributed by atoms with E-state index in [4.69, 9.17) is 9.47 Å². The van der Waals surface area contributed by atoms with E-state index in [1.165, 1.54) is 5.56 Å². The zero-order chi connectivity index (χ0) is 14.4. The minimum absolute atomic E-state index is 0.624. The zero-order valence-corrected chi connectivity index (χ0v) is 12.3. The fourth-order valence-electron chi connectivity index (χ4n) is 2.00. The van der Waals surface area contributed by atoms with Gasteiger partial charge in [-0.2, -0.15) is 0 Å². The van der Waals surface area contributed by atoms with E-state index in [0.717, 1.165) is 29.4 Å². The van der Waals surface area contributed by atoms with Crippen LogP contribution in [0.15, 0.2) is 42.5 Å². The highest BCUT2D eigenvalue weighted by Gasteiger charge is 2.07. The smallest absolute Gasteiger partial charge is 0.169 e. The Morgan fingerprint density at radius 3 is 2.45 bits per heavy atom. The Balaban J connectivity index is 2.27. The third kappa shape index (κ3) is 3.52. The normalized spacial score (nSPS) is 10.3. The van der Waals surface area contributed by atoms with Crippen LogP contribution in [0.3, 0.4) is 0 Å². The van der Waals surface area contributed by atoms with Gasteiger partial charge in [-0.05, 0) is 50.2 Å². The summed E-state index contributed by atoms with van der Waals surface area (Å²) in [4.78, 5) is 0. The highest BCUT2D eigenvalue weighted by atomic mass is 16.5. The van der Waals surface area contributed by atoms with Crippen LogP contribution in [-0.2, 0) is 6.54 Å². The molecule has 0 spiro atoms. The standard InChI is InChI=1S/C17H21NO2/c1-4-19-15-7-5-6-8-16(15)20-17-11-14(12-18-3)10-9-13(17)2/h5-11,18H,4,12H2,1-3H3. The van der Waals surface area contributed by atoms with Gasteiger partial charge in [0, 0.05) is 6.54 Å². The van der Waals surface area contributed by atoms with E-state index in [1.807, 2.05) is 45.2 Å². The average molecular weight is 271 g/mol. The van der Waals surface area contributed by atoms with E-state index in [0.29, 0.717) is 6.61 Å². The monoisotopic (exact) mass is 271 g/mol. The molecule has 106 valence electrons. The fourth-order valence-corrected chi connectivity index (χ4v) is 2.00. The van der Waals surface area contributed by atoms with Crippen LogP contribution >= 0.6 is 0 Å². The van der Waals surface area contributed by atoms with Gasteiger partial charge in [-0.3, -0.25) is 0 Å². The van der Waals surface area contributed by atoms with Gasteiger partial charge >= 0.3 is 0 Å². The van der Waals surface area contributed by atoms with Crippen molar-refractivity contribution in [3.63, 3.8) is 0 Å². The van der Waals surface area contributed by atoms with E-state index in [9.17, 15) is 0 Å². The SMILES string of the molecule is CCOc1ccccc1Oc1cc(CNC)ccc1C. The summed E-state index contributed by atoms with van der Waals surface area (Å²) in [5, 5.41) is 3.15. The molecule has 0 atom stereocenters. The molecule has 0 amide bonds. The molecule has 3 nitrogen and oxygen atoms in total. The molecule has 0 aliphatic carbocycles. The molecule has 0 bridgehead atoms. The maximum Gasteiger partial charge on any atom is 0.169 e. The number of aryl methyl sites for hydroxylation is 1. The first kappa shape index (κ1) is 14.4. The first-order valence-corrected chi connectivity index (χ1v) is 6.88. The molecule has 0 saturated heterocycles. The second-order valence-corrected chi connectivity index (χ2v) is 4.61. The van der Waals surface area contributed by atoms with Crippen LogP contribution in [0.25, 0.3) is 0 Å². The molecule has 3 heteroatoms. The van der Waals surface area contributed by atoms with Gasteiger partial charge in [0.1, 0.15) is 5.75 Å². The number of hydrogen-bond donors (Lipinski definition) is 1. The molecule has 0 saturated carbocycles. The van der Waals surface area contributed by atoms with Gasteiger partial charge in [-0.15, -0.1) is 0 Å². The van der Waals surface area contributed by atoms with Gasteiger partial charge in [-0.1, -0.05) is 24.3 Å². The maximum absolute atomic E-state index is 6.03. The summed E-state index contributed by atoms with van der Waals surface area (Å²) in [6, 6.07) is 14.0. The van der Waals surface area contributed by atoms with Crippen LogP contribution < -0.4 is 14.8 Å². The van der Waals surface area contributed by atoms with Gasteiger partial charge in [0.25, 0.3) is 0 Å². The lowest BCUT2D eigenvalue weighted by Gasteiger charge is -2.14. The zero-order valence-electron chi connectivity index (χ0n) is 12.3. The summed E-state index contributed by atoms with van der Waals surface area (Å²) >= 11 is 0. The minimum Gasteiger partial charge on any atom is -0.490 e. The number of rotatable bonds is 6. The summed E-state index contributed by atoms with van der Waals surface area (Å²) in [5.41, 5.74) is 2.30. The van der Waals surface area contributed by atoms with Gasteiger partial charge in [-0.25, -0.2) is 0 Å². The van der Waals surface area contributed by atoms with E-state index < -0.39 is 0 Å². The van der Waals surface area contributed by atoms with Crippen LogP contribution in [-0.4, -0.2) is 13.7 Å². The Hall–Kier alpha value is -2.00. The number of para-hydroxylation sites is 2. The van der Waals surface area contributed by atoms with E-state index >= 15 is 0 Å². The number of ether oxygens (including phenoxy) is 2. The fraction of sp³-hybridized carbons (Fsp3) is 0.294. The maximum atomic E-state index is 6.03. The summed E-state index contributed by atoms with van der Waals surface area (Å²) in [6.45, 7) is 5.46. The van der Waals surface area contributed by atoms with Crippen LogP contribution in [0.1, 0.15) is 18.1 Å². The van der Waals surface area contributed by atoms with Crippen LogP contribution in [0.4, 0.5) is 0 Å². The predicted molar refractivity (Wildman–Crippen MR) is 81.6 cm³/mol. The third-order valence-electron chi connectivity index (χ3n) is 3.00. The highest BCUT2D eigenvalue weighted by Crippen LogP contribution is 2.33. The van der Waals surface area contributed by atoms with Crippen molar-refractivity contribution in [1.29, 1.82) is 0 Å². The van der Waals surface area contributed by atoms with Crippen molar-refractivity contribution < 1.29 is 9.47 Å². The van der Waals surface area contributed by atoms with Gasteiger partial charge in [0.05, 0.1) is 6.61 Å². The van der Waals surface area contributed by atoms with Crippen LogP contribution in [0, 0.1) is 6.92 Å².